The van der Waals surface area contributed by atoms with Crippen molar-refractivity contribution in [1.82, 2.24) is 4.90 Å². The van der Waals surface area contributed by atoms with Crippen molar-refractivity contribution < 1.29 is 9.63 Å². The second-order valence-electron chi connectivity index (χ2n) is 5.80. The first kappa shape index (κ1) is 17.3. The molecule has 0 saturated heterocycles. The monoisotopic (exact) mass is 342 g/mol. The van der Waals surface area contributed by atoms with Crippen molar-refractivity contribution in [3.63, 3.8) is 0 Å². The average molecular weight is 343 g/mol. The van der Waals surface area contributed by atoms with Crippen molar-refractivity contribution in [3.05, 3.63) is 33.8 Å². The van der Waals surface area contributed by atoms with E-state index in [4.69, 9.17) is 28.0 Å². The molecule has 0 N–H and O–H groups in total. The van der Waals surface area contributed by atoms with Gasteiger partial charge in [0.25, 0.3) is 0 Å². The highest BCUT2D eigenvalue weighted by atomic mass is 35.5. The van der Waals surface area contributed by atoms with E-state index in [1.165, 1.54) is 12.5 Å². The molecule has 0 heterocycles. The van der Waals surface area contributed by atoms with E-state index in [0.717, 1.165) is 31.5 Å². The van der Waals surface area contributed by atoms with Crippen LogP contribution >= 0.6 is 23.2 Å². The van der Waals surface area contributed by atoms with Crippen LogP contribution in [0.5, 0.6) is 0 Å². The molecule has 0 spiro atoms. The molecule has 22 heavy (non-hydrogen) atoms. The molecule has 120 valence electrons. The van der Waals surface area contributed by atoms with Crippen molar-refractivity contribution >= 4 is 34.9 Å². The van der Waals surface area contributed by atoms with Crippen LogP contribution in [-0.4, -0.2) is 37.2 Å². The smallest absolute Gasteiger partial charge is 0.313 e. The largest absolute Gasteiger partial charge is 0.365 e. The van der Waals surface area contributed by atoms with Gasteiger partial charge < -0.3 is 9.74 Å². The molecule has 0 amide bonds. The van der Waals surface area contributed by atoms with Crippen LogP contribution in [0.4, 0.5) is 0 Å². The Morgan fingerprint density at radius 3 is 2.77 bits per heavy atom. The van der Waals surface area contributed by atoms with E-state index in [2.05, 4.69) is 10.1 Å². The van der Waals surface area contributed by atoms with E-state index < -0.39 is 5.97 Å². The van der Waals surface area contributed by atoms with E-state index in [9.17, 15) is 4.79 Å². The molecule has 0 aliphatic heterocycles. The van der Waals surface area contributed by atoms with Gasteiger partial charge in [-0.2, -0.15) is 0 Å². The summed E-state index contributed by atoms with van der Waals surface area (Å²) in [6.45, 7) is 0.920. The Labute approximate surface area is 141 Å². The summed E-state index contributed by atoms with van der Waals surface area (Å²) >= 11 is 11.7. The van der Waals surface area contributed by atoms with Gasteiger partial charge in [0.2, 0.25) is 0 Å². The standard InChI is InChI=1S/C16H20Cl2N2O2/c1-20(2)10-12-5-3-4-6-15(12)19-22-16(21)11-7-8-13(17)14(18)9-11/h7-9,12H,3-6,10H2,1-2H3/b19-15-. The number of oxime groups is 1. The first-order valence-corrected chi connectivity index (χ1v) is 8.11. The van der Waals surface area contributed by atoms with Gasteiger partial charge in [0, 0.05) is 12.5 Å². The van der Waals surface area contributed by atoms with Gasteiger partial charge in [0.05, 0.1) is 21.3 Å². The highest BCUT2D eigenvalue weighted by molar-refractivity contribution is 6.42. The quantitative estimate of drug-likeness (QED) is 0.606. The Hall–Kier alpha value is -1.10. The maximum atomic E-state index is 12.0. The lowest BCUT2D eigenvalue weighted by Gasteiger charge is -2.25. The first-order valence-electron chi connectivity index (χ1n) is 7.35. The van der Waals surface area contributed by atoms with Crippen LogP contribution < -0.4 is 0 Å². The van der Waals surface area contributed by atoms with Crippen molar-refractivity contribution in [2.24, 2.45) is 11.1 Å². The van der Waals surface area contributed by atoms with Crippen molar-refractivity contribution in [1.29, 1.82) is 0 Å². The molecule has 1 aliphatic rings. The fraction of sp³-hybridized carbons (Fsp3) is 0.500. The number of hydrogen-bond donors (Lipinski definition) is 0. The van der Waals surface area contributed by atoms with Crippen LogP contribution in [0.1, 0.15) is 36.0 Å². The van der Waals surface area contributed by atoms with Crippen molar-refractivity contribution in [2.75, 3.05) is 20.6 Å². The van der Waals surface area contributed by atoms with Gasteiger partial charge >= 0.3 is 5.97 Å². The predicted molar refractivity (Wildman–Crippen MR) is 89.8 cm³/mol. The fourth-order valence-electron chi connectivity index (χ4n) is 2.60. The number of nitrogens with zero attached hydrogens (tertiary/aromatic N) is 2. The highest BCUT2D eigenvalue weighted by Crippen LogP contribution is 2.24. The molecule has 6 heteroatoms. The molecule has 1 atom stereocenters. The number of halogens is 2. The zero-order valence-electron chi connectivity index (χ0n) is 12.8. The van der Waals surface area contributed by atoms with Crippen LogP contribution in [0.3, 0.4) is 0 Å². The molecule has 1 fully saturated rings. The van der Waals surface area contributed by atoms with Gasteiger partial charge in [-0.15, -0.1) is 0 Å². The van der Waals surface area contributed by atoms with Crippen LogP contribution in [0.15, 0.2) is 23.4 Å². The molecule has 1 aliphatic carbocycles. The van der Waals surface area contributed by atoms with Gasteiger partial charge in [-0.3, -0.25) is 0 Å². The Morgan fingerprint density at radius 2 is 2.09 bits per heavy atom. The summed E-state index contributed by atoms with van der Waals surface area (Å²) in [5.74, 6) is -0.161. The third-order valence-electron chi connectivity index (χ3n) is 3.69. The summed E-state index contributed by atoms with van der Waals surface area (Å²) in [7, 11) is 4.07. The van der Waals surface area contributed by atoms with Crippen LogP contribution in [0.25, 0.3) is 0 Å². The molecular weight excluding hydrogens is 323 g/mol. The zero-order chi connectivity index (χ0) is 16.1. The van der Waals surface area contributed by atoms with Gasteiger partial charge in [0.15, 0.2) is 0 Å². The predicted octanol–water partition coefficient (Wildman–Crippen LogP) is 4.26. The molecule has 1 unspecified atom stereocenters. The molecule has 0 aromatic heterocycles. The third kappa shape index (κ3) is 4.70. The van der Waals surface area contributed by atoms with E-state index in [-0.39, 0.29) is 0 Å². The molecular formula is C16H20Cl2N2O2. The Bertz CT molecular complexity index is 573. The highest BCUT2D eigenvalue weighted by Gasteiger charge is 2.22. The summed E-state index contributed by atoms with van der Waals surface area (Å²) in [6, 6.07) is 4.64. The summed E-state index contributed by atoms with van der Waals surface area (Å²) < 4.78 is 0. The van der Waals surface area contributed by atoms with Crippen LogP contribution in [-0.2, 0) is 4.84 Å². The van der Waals surface area contributed by atoms with Crippen molar-refractivity contribution in [3.8, 4) is 0 Å². The van der Waals surface area contributed by atoms with Crippen molar-refractivity contribution in [2.45, 2.75) is 25.7 Å². The zero-order valence-corrected chi connectivity index (χ0v) is 14.3. The number of carbonyl (C=O) groups excluding carboxylic acids is 1. The molecule has 1 aromatic rings. The van der Waals surface area contributed by atoms with E-state index in [1.54, 1.807) is 12.1 Å². The maximum Gasteiger partial charge on any atom is 0.365 e. The lowest BCUT2D eigenvalue weighted by molar-refractivity contribution is 0.0511. The molecule has 0 bridgehead atoms. The van der Waals surface area contributed by atoms with E-state index in [1.807, 2.05) is 14.1 Å². The second kappa shape index (κ2) is 7.95. The second-order valence-corrected chi connectivity index (χ2v) is 6.61. The molecule has 1 aromatic carbocycles. The lowest BCUT2D eigenvalue weighted by atomic mass is 9.87. The minimum atomic E-state index is -0.514. The number of benzene rings is 1. The van der Waals surface area contributed by atoms with E-state index >= 15 is 0 Å². The lowest BCUT2D eigenvalue weighted by Crippen LogP contribution is -2.30. The fourth-order valence-corrected chi connectivity index (χ4v) is 2.90. The molecule has 1 saturated carbocycles. The van der Waals surface area contributed by atoms with Gasteiger partial charge in [-0.1, -0.05) is 34.8 Å². The summed E-state index contributed by atoms with van der Waals surface area (Å²) in [4.78, 5) is 19.3. The third-order valence-corrected chi connectivity index (χ3v) is 4.43. The summed E-state index contributed by atoms with van der Waals surface area (Å²) in [5.41, 5.74) is 1.31. The normalized spacial score (nSPS) is 20.4. The Balaban J connectivity index is 2.04. The van der Waals surface area contributed by atoms with Crippen LogP contribution in [0.2, 0.25) is 10.0 Å². The minimum absolute atomic E-state index is 0.326. The number of hydrogen-bond acceptors (Lipinski definition) is 4. The van der Waals surface area contributed by atoms with E-state index in [0.29, 0.717) is 21.5 Å². The number of carbonyl (C=O) groups is 1. The summed E-state index contributed by atoms with van der Waals surface area (Å²) in [6.07, 6.45) is 4.25. The average Bonchev–Trinajstić information content (AvgIpc) is 2.48. The molecule has 4 nitrogen and oxygen atoms in total. The van der Waals surface area contributed by atoms with Crippen LogP contribution in [0, 0.1) is 5.92 Å². The topological polar surface area (TPSA) is 41.9 Å². The van der Waals surface area contributed by atoms with Gasteiger partial charge in [-0.05, 0) is 51.6 Å². The van der Waals surface area contributed by atoms with Gasteiger partial charge in [-0.25, -0.2) is 4.79 Å². The molecule has 0 radical (unpaired) electrons. The summed E-state index contributed by atoms with van der Waals surface area (Å²) in [5, 5.41) is 4.84. The van der Waals surface area contributed by atoms with Gasteiger partial charge in [0.1, 0.15) is 0 Å². The SMILES string of the molecule is CN(C)CC1CCCC/C1=N/OC(=O)c1ccc(Cl)c(Cl)c1. The Kier molecular flexibility index (Phi) is 6.24. The minimum Gasteiger partial charge on any atom is -0.313 e. The first-order chi connectivity index (χ1) is 10.5. The number of rotatable bonds is 4. The molecule has 2 rings (SSSR count). The maximum absolute atomic E-state index is 12.0. The Morgan fingerprint density at radius 1 is 1.32 bits per heavy atom.